The maximum atomic E-state index is 6.93. The molecule has 262 valence electrons. The standard InChI is InChI=1S/C51H32N4O/c1-30-13-2-4-19-34(30)49-52-50(39-24-12-28-44-46(39)37-21-6-7-26-43(37)55(44)42-27-10-15-31-14-3-5-20-35(31)42)54-51(53-49)40-25-11-22-36-41-29-33-18-8-16-32-17-9-23-38(45(32)33)48(41)56-47(36)40/h2-15,17-29H,16H2,1H3. The number of fused-ring (bicyclic) bond motifs is 8. The van der Waals surface area contributed by atoms with E-state index in [9.17, 15) is 0 Å². The Morgan fingerprint density at radius 2 is 1.14 bits per heavy atom. The maximum absolute atomic E-state index is 6.93. The molecule has 0 bridgehead atoms. The normalized spacial score (nSPS) is 12.6. The second-order valence-electron chi connectivity index (χ2n) is 14.7. The van der Waals surface area contributed by atoms with Gasteiger partial charge in [0.05, 0.1) is 22.3 Å². The number of nitrogens with zero attached hydrogens (tertiary/aromatic N) is 4. The number of furan rings is 1. The Morgan fingerprint density at radius 1 is 0.500 bits per heavy atom. The number of benzene rings is 8. The van der Waals surface area contributed by atoms with Crippen LogP contribution in [0.3, 0.4) is 0 Å². The molecule has 5 nitrogen and oxygen atoms in total. The van der Waals surface area contributed by atoms with Crippen LogP contribution in [0.4, 0.5) is 0 Å². The Kier molecular flexibility index (Phi) is 6.55. The highest BCUT2D eigenvalue weighted by Crippen LogP contribution is 2.43. The van der Waals surface area contributed by atoms with E-state index in [1.54, 1.807) is 0 Å². The summed E-state index contributed by atoms with van der Waals surface area (Å²) in [5.41, 5.74) is 11.4. The van der Waals surface area contributed by atoms with Crippen molar-refractivity contribution in [2.45, 2.75) is 13.3 Å². The van der Waals surface area contributed by atoms with Crippen molar-refractivity contribution in [2.75, 3.05) is 0 Å². The van der Waals surface area contributed by atoms with Gasteiger partial charge in [0.1, 0.15) is 11.2 Å². The van der Waals surface area contributed by atoms with Gasteiger partial charge in [-0.05, 0) is 71.1 Å². The Morgan fingerprint density at radius 3 is 2.05 bits per heavy atom. The van der Waals surface area contributed by atoms with Gasteiger partial charge in [-0.25, -0.2) is 15.0 Å². The predicted octanol–water partition coefficient (Wildman–Crippen LogP) is 13.1. The average Bonchev–Trinajstić information content (AvgIpc) is 3.80. The molecule has 0 spiro atoms. The summed E-state index contributed by atoms with van der Waals surface area (Å²) in [5, 5.41) is 9.16. The van der Waals surface area contributed by atoms with Crippen molar-refractivity contribution in [1.82, 2.24) is 19.5 Å². The summed E-state index contributed by atoms with van der Waals surface area (Å²) in [5.74, 6) is 1.81. The van der Waals surface area contributed by atoms with Gasteiger partial charge in [0.15, 0.2) is 17.5 Å². The van der Waals surface area contributed by atoms with Gasteiger partial charge in [0.2, 0.25) is 0 Å². The Bertz CT molecular complexity index is 3470. The van der Waals surface area contributed by atoms with Crippen LogP contribution in [-0.4, -0.2) is 19.5 Å². The molecule has 12 rings (SSSR count). The van der Waals surface area contributed by atoms with Gasteiger partial charge >= 0.3 is 0 Å². The molecule has 0 aliphatic heterocycles. The Labute approximate surface area is 321 Å². The third-order valence-corrected chi connectivity index (χ3v) is 11.6. The minimum atomic E-state index is 0.571. The van der Waals surface area contributed by atoms with Crippen LogP contribution < -0.4 is 0 Å². The second kappa shape index (κ2) is 11.8. The van der Waals surface area contributed by atoms with Crippen LogP contribution in [0.15, 0.2) is 162 Å². The summed E-state index contributed by atoms with van der Waals surface area (Å²) in [6.07, 6.45) is 5.40. The van der Waals surface area contributed by atoms with Crippen LogP contribution in [-0.2, 0) is 6.42 Å². The largest absolute Gasteiger partial charge is 0.455 e. The van der Waals surface area contributed by atoms with Crippen LogP contribution >= 0.6 is 0 Å². The molecule has 0 fully saturated rings. The van der Waals surface area contributed by atoms with Gasteiger partial charge in [0, 0.05) is 43.4 Å². The van der Waals surface area contributed by atoms with E-state index in [2.05, 4.69) is 169 Å². The highest BCUT2D eigenvalue weighted by Gasteiger charge is 2.23. The van der Waals surface area contributed by atoms with E-state index in [4.69, 9.17) is 19.4 Å². The lowest BCUT2D eigenvalue weighted by molar-refractivity contribution is 0.673. The van der Waals surface area contributed by atoms with Crippen LogP contribution in [0.25, 0.3) is 111 Å². The molecule has 8 aromatic carbocycles. The second-order valence-corrected chi connectivity index (χ2v) is 14.7. The van der Waals surface area contributed by atoms with Crippen LogP contribution in [0.1, 0.15) is 16.7 Å². The molecule has 11 aromatic rings. The van der Waals surface area contributed by atoms with Crippen molar-refractivity contribution in [2.24, 2.45) is 0 Å². The number of aryl methyl sites for hydroxylation is 1. The Hall–Kier alpha value is -7.37. The summed E-state index contributed by atoms with van der Waals surface area (Å²) in [6, 6.07) is 53.6. The highest BCUT2D eigenvalue weighted by molar-refractivity contribution is 6.20. The molecule has 3 aromatic heterocycles. The summed E-state index contributed by atoms with van der Waals surface area (Å²) in [7, 11) is 0. The molecule has 5 heteroatoms. The van der Waals surface area contributed by atoms with E-state index in [1.807, 2.05) is 6.07 Å². The van der Waals surface area contributed by atoms with Gasteiger partial charge in [-0.15, -0.1) is 0 Å². The third-order valence-electron chi connectivity index (χ3n) is 11.6. The average molecular weight is 717 g/mol. The minimum absolute atomic E-state index is 0.571. The summed E-state index contributed by atoms with van der Waals surface area (Å²) in [4.78, 5) is 15.9. The lowest BCUT2D eigenvalue weighted by Gasteiger charge is -2.12. The van der Waals surface area contributed by atoms with E-state index in [-0.39, 0.29) is 0 Å². The van der Waals surface area contributed by atoms with E-state index >= 15 is 0 Å². The first kappa shape index (κ1) is 31.0. The van der Waals surface area contributed by atoms with Crippen molar-refractivity contribution in [3.8, 4) is 39.9 Å². The summed E-state index contributed by atoms with van der Waals surface area (Å²) in [6.45, 7) is 2.11. The van der Waals surface area contributed by atoms with Crippen LogP contribution in [0.5, 0.6) is 0 Å². The number of hydrogen-bond acceptors (Lipinski definition) is 4. The monoisotopic (exact) mass is 716 g/mol. The van der Waals surface area contributed by atoms with E-state index in [0.29, 0.717) is 17.5 Å². The van der Waals surface area contributed by atoms with Crippen LogP contribution in [0, 0.1) is 6.92 Å². The first-order valence-corrected chi connectivity index (χ1v) is 19.1. The number of hydrogen-bond donors (Lipinski definition) is 0. The molecule has 0 unspecified atom stereocenters. The van der Waals surface area contributed by atoms with Crippen molar-refractivity contribution >= 4 is 71.4 Å². The molecule has 0 saturated heterocycles. The third kappa shape index (κ3) is 4.45. The molecule has 0 radical (unpaired) electrons. The van der Waals surface area contributed by atoms with Gasteiger partial charge in [-0.2, -0.15) is 0 Å². The van der Waals surface area contributed by atoms with Crippen molar-refractivity contribution in [3.05, 3.63) is 174 Å². The lowest BCUT2D eigenvalue weighted by atomic mass is 9.91. The van der Waals surface area contributed by atoms with E-state index in [1.165, 1.54) is 27.3 Å². The molecule has 1 aliphatic rings. The zero-order valence-electron chi connectivity index (χ0n) is 30.5. The minimum Gasteiger partial charge on any atom is -0.455 e. The smallest absolute Gasteiger partial charge is 0.167 e. The first-order valence-electron chi connectivity index (χ1n) is 19.1. The predicted molar refractivity (Wildman–Crippen MR) is 230 cm³/mol. The maximum Gasteiger partial charge on any atom is 0.167 e. The van der Waals surface area contributed by atoms with Crippen molar-refractivity contribution in [3.63, 3.8) is 0 Å². The van der Waals surface area contributed by atoms with Crippen molar-refractivity contribution in [1.29, 1.82) is 0 Å². The van der Waals surface area contributed by atoms with E-state index < -0.39 is 0 Å². The number of aromatic nitrogens is 4. The summed E-state index contributed by atoms with van der Waals surface area (Å²) >= 11 is 0. The number of para-hydroxylation sites is 2. The van der Waals surface area contributed by atoms with Gasteiger partial charge < -0.3 is 8.98 Å². The zero-order valence-corrected chi connectivity index (χ0v) is 30.5. The SMILES string of the molecule is Cc1ccccc1-c1nc(-c2cccc3c2oc2c4cccc5c4c(cc32)C=CC5)nc(-c2cccc3c2c2ccccc2n3-c2cccc3ccccc23)n1. The van der Waals surface area contributed by atoms with Gasteiger partial charge in [0.25, 0.3) is 0 Å². The van der Waals surface area contributed by atoms with Gasteiger partial charge in [-0.1, -0.05) is 133 Å². The highest BCUT2D eigenvalue weighted by atomic mass is 16.3. The fourth-order valence-corrected chi connectivity index (χ4v) is 9.06. The molecular weight excluding hydrogens is 685 g/mol. The molecule has 3 heterocycles. The molecular formula is C51H32N4O. The fraction of sp³-hybridized carbons (Fsp3) is 0.0392. The Balaban J connectivity index is 1.15. The quantitative estimate of drug-likeness (QED) is 0.182. The molecule has 0 amide bonds. The molecule has 0 N–H and O–H groups in total. The van der Waals surface area contributed by atoms with Crippen LogP contribution in [0.2, 0.25) is 0 Å². The first-order chi connectivity index (χ1) is 27.7. The molecule has 56 heavy (non-hydrogen) atoms. The number of rotatable bonds is 4. The van der Waals surface area contributed by atoms with E-state index in [0.717, 1.165) is 83.5 Å². The molecule has 0 atom stereocenters. The fourth-order valence-electron chi connectivity index (χ4n) is 9.06. The topological polar surface area (TPSA) is 56.7 Å². The summed E-state index contributed by atoms with van der Waals surface area (Å²) < 4.78 is 9.31. The lowest BCUT2D eigenvalue weighted by Crippen LogP contribution is -2.01. The number of allylic oxidation sites excluding steroid dienone is 1. The molecule has 0 saturated carbocycles. The van der Waals surface area contributed by atoms with Crippen molar-refractivity contribution < 1.29 is 4.42 Å². The van der Waals surface area contributed by atoms with Gasteiger partial charge in [-0.3, -0.25) is 0 Å². The molecule has 1 aliphatic carbocycles. The zero-order chi connectivity index (χ0) is 36.9.